The number of carbonyl (C=O) groups excluding carboxylic acids is 2. The molecule has 10 nitrogen and oxygen atoms in total. The van der Waals surface area contributed by atoms with Crippen LogP contribution in [0.5, 0.6) is 23.0 Å². The van der Waals surface area contributed by atoms with Gasteiger partial charge in [0, 0.05) is 6.07 Å². The number of halogens is 6. The Morgan fingerprint density at radius 1 is 0.895 bits per heavy atom. The Balaban J connectivity index is 2.01. The van der Waals surface area contributed by atoms with E-state index >= 15 is 0 Å². The molecule has 202 valence electrons. The van der Waals surface area contributed by atoms with Crippen LogP contribution in [0.4, 0.5) is 32.0 Å². The van der Waals surface area contributed by atoms with Crippen molar-refractivity contribution >= 4 is 17.6 Å². The number of anilines is 1. The van der Waals surface area contributed by atoms with Gasteiger partial charge in [0.05, 0.1) is 44.1 Å². The zero-order valence-corrected chi connectivity index (χ0v) is 19.5. The number of alkyl halides is 6. The first-order valence-electron chi connectivity index (χ1n) is 10.1. The van der Waals surface area contributed by atoms with Crippen molar-refractivity contribution in [3.63, 3.8) is 0 Å². The van der Waals surface area contributed by atoms with E-state index < -0.39 is 52.7 Å². The van der Waals surface area contributed by atoms with Crippen LogP contribution in [0.3, 0.4) is 0 Å². The highest BCUT2D eigenvalue weighted by Gasteiger charge is 2.37. The van der Waals surface area contributed by atoms with E-state index in [-0.39, 0.29) is 23.0 Å². The van der Waals surface area contributed by atoms with Gasteiger partial charge in [-0.05, 0) is 24.6 Å². The van der Waals surface area contributed by atoms with E-state index in [0.29, 0.717) is 6.20 Å². The molecule has 0 aliphatic carbocycles. The SMILES string of the molecule is COC(=O)c1ncc(NC(=O)c2c(Oc3ccc(OC(F)(F)F)cc3OC)cnc(C(F)(F)F)c2C)cn1. The molecule has 0 atom stereocenters. The normalized spacial score (nSPS) is 11.5. The van der Waals surface area contributed by atoms with Crippen LogP contribution in [0.1, 0.15) is 32.2 Å². The molecule has 0 spiro atoms. The molecular weight excluding hydrogens is 530 g/mol. The Morgan fingerprint density at radius 3 is 2.11 bits per heavy atom. The van der Waals surface area contributed by atoms with Crippen LogP contribution < -0.4 is 19.5 Å². The molecule has 0 bridgehead atoms. The maximum absolute atomic E-state index is 13.5. The molecule has 0 aliphatic heterocycles. The van der Waals surface area contributed by atoms with E-state index in [1.54, 1.807) is 0 Å². The molecular formula is C22H16F6N4O6. The first-order valence-corrected chi connectivity index (χ1v) is 10.1. The summed E-state index contributed by atoms with van der Waals surface area (Å²) >= 11 is 0. The monoisotopic (exact) mass is 546 g/mol. The number of esters is 1. The molecule has 3 rings (SSSR count). The molecule has 0 saturated carbocycles. The molecule has 2 aromatic heterocycles. The molecule has 1 N–H and O–H groups in total. The summed E-state index contributed by atoms with van der Waals surface area (Å²) in [7, 11) is 2.20. The maximum atomic E-state index is 13.5. The van der Waals surface area contributed by atoms with Gasteiger partial charge < -0.3 is 24.3 Å². The third-order valence-electron chi connectivity index (χ3n) is 4.65. The van der Waals surface area contributed by atoms with Crippen LogP contribution in [0.15, 0.2) is 36.8 Å². The molecule has 3 aromatic rings. The average molecular weight is 546 g/mol. The van der Waals surface area contributed by atoms with Crippen LogP contribution in [0.2, 0.25) is 0 Å². The lowest BCUT2D eigenvalue weighted by atomic mass is 10.1. The highest BCUT2D eigenvalue weighted by molar-refractivity contribution is 6.07. The van der Waals surface area contributed by atoms with E-state index in [1.165, 1.54) is 0 Å². The zero-order valence-electron chi connectivity index (χ0n) is 19.5. The van der Waals surface area contributed by atoms with Crippen molar-refractivity contribution in [1.29, 1.82) is 0 Å². The number of benzene rings is 1. The summed E-state index contributed by atoms with van der Waals surface area (Å²) < 4.78 is 96.9. The lowest BCUT2D eigenvalue weighted by Crippen LogP contribution is -2.20. The Hall–Kier alpha value is -4.63. The predicted molar refractivity (Wildman–Crippen MR) is 115 cm³/mol. The molecule has 0 radical (unpaired) electrons. The van der Waals surface area contributed by atoms with Gasteiger partial charge in [0.1, 0.15) is 11.4 Å². The van der Waals surface area contributed by atoms with Crippen molar-refractivity contribution in [1.82, 2.24) is 15.0 Å². The quantitative estimate of drug-likeness (QED) is 0.325. The molecule has 0 aliphatic rings. The first kappa shape index (κ1) is 27.9. The number of nitrogens with zero attached hydrogens (tertiary/aromatic N) is 3. The number of ether oxygens (including phenoxy) is 4. The van der Waals surface area contributed by atoms with Crippen molar-refractivity contribution in [3.8, 4) is 23.0 Å². The number of hydrogen-bond acceptors (Lipinski definition) is 9. The van der Waals surface area contributed by atoms with Crippen molar-refractivity contribution in [2.24, 2.45) is 0 Å². The fourth-order valence-electron chi connectivity index (χ4n) is 3.06. The number of carbonyl (C=O) groups is 2. The van der Waals surface area contributed by atoms with Crippen LogP contribution >= 0.6 is 0 Å². The first-order chi connectivity index (χ1) is 17.7. The highest BCUT2D eigenvalue weighted by atomic mass is 19.4. The highest BCUT2D eigenvalue weighted by Crippen LogP contribution is 2.40. The van der Waals surface area contributed by atoms with Gasteiger partial charge in [0.25, 0.3) is 5.91 Å². The number of pyridine rings is 1. The van der Waals surface area contributed by atoms with Gasteiger partial charge in [0.15, 0.2) is 17.2 Å². The maximum Gasteiger partial charge on any atom is 0.573 e. The molecule has 16 heteroatoms. The van der Waals surface area contributed by atoms with Crippen molar-refractivity contribution in [3.05, 3.63) is 59.4 Å². The van der Waals surface area contributed by atoms with E-state index in [0.717, 1.165) is 51.7 Å². The second-order valence-electron chi connectivity index (χ2n) is 7.17. The van der Waals surface area contributed by atoms with Gasteiger partial charge >= 0.3 is 18.5 Å². The van der Waals surface area contributed by atoms with Gasteiger partial charge in [-0.15, -0.1) is 13.2 Å². The molecule has 1 amide bonds. The lowest BCUT2D eigenvalue weighted by Gasteiger charge is -2.18. The minimum Gasteiger partial charge on any atom is -0.493 e. The second-order valence-corrected chi connectivity index (χ2v) is 7.17. The van der Waals surface area contributed by atoms with Crippen molar-refractivity contribution in [2.45, 2.75) is 19.5 Å². The van der Waals surface area contributed by atoms with Crippen LogP contribution in [0, 0.1) is 6.92 Å². The Morgan fingerprint density at radius 2 is 1.55 bits per heavy atom. The zero-order chi connectivity index (χ0) is 28.3. The largest absolute Gasteiger partial charge is 0.573 e. The average Bonchev–Trinajstić information content (AvgIpc) is 2.83. The molecule has 0 fully saturated rings. The number of rotatable bonds is 7. The summed E-state index contributed by atoms with van der Waals surface area (Å²) in [6.07, 6.45) is -7.27. The summed E-state index contributed by atoms with van der Waals surface area (Å²) in [6, 6.07) is 2.69. The lowest BCUT2D eigenvalue weighted by molar-refractivity contribution is -0.274. The fourth-order valence-corrected chi connectivity index (χ4v) is 3.06. The Kier molecular flexibility index (Phi) is 7.93. The second kappa shape index (κ2) is 10.8. The van der Waals surface area contributed by atoms with E-state index in [2.05, 4.69) is 29.7 Å². The number of methoxy groups -OCH3 is 2. The van der Waals surface area contributed by atoms with Gasteiger partial charge in [0.2, 0.25) is 5.82 Å². The Labute approximate surface area is 209 Å². The molecule has 38 heavy (non-hydrogen) atoms. The molecule has 0 unspecified atom stereocenters. The number of nitrogens with one attached hydrogen (secondary N) is 1. The third kappa shape index (κ3) is 6.57. The van der Waals surface area contributed by atoms with E-state index in [4.69, 9.17) is 9.47 Å². The summed E-state index contributed by atoms with van der Waals surface area (Å²) in [5.74, 6) is -3.99. The predicted octanol–water partition coefficient (Wildman–Crippen LogP) is 4.94. The summed E-state index contributed by atoms with van der Waals surface area (Å²) in [6.45, 7) is 0.978. The van der Waals surface area contributed by atoms with Gasteiger partial charge in [-0.3, -0.25) is 4.79 Å². The molecule has 0 saturated heterocycles. The topological polar surface area (TPSA) is 122 Å². The number of aromatic nitrogens is 3. The number of hydrogen-bond donors (Lipinski definition) is 1. The van der Waals surface area contributed by atoms with Gasteiger partial charge in [-0.1, -0.05) is 0 Å². The summed E-state index contributed by atoms with van der Waals surface area (Å²) in [4.78, 5) is 35.2. The van der Waals surface area contributed by atoms with E-state index in [9.17, 15) is 35.9 Å². The molecule has 1 aromatic carbocycles. The van der Waals surface area contributed by atoms with Crippen LogP contribution in [-0.2, 0) is 10.9 Å². The van der Waals surface area contributed by atoms with Gasteiger partial charge in [-0.25, -0.2) is 19.7 Å². The van der Waals surface area contributed by atoms with E-state index in [1.807, 2.05) is 0 Å². The summed E-state index contributed by atoms with van der Waals surface area (Å²) in [5, 5.41) is 2.28. The summed E-state index contributed by atoms with van der Waals surface area (Å²) in [5.41, 5.74) is -2.70. The van der Waals surface area contributed by atoms with Gasteiger partial charge in [-0.2, -0.15) is 13.2 Å². The van der Waals surface area contributed by atoms with Crippen LogP contribution in [-0.4, -0.2) is 47.4 Å². The minimum absolute atomic E-state index is 0.0930. The smallest absolute Gasteiger partial charge is 0.493 e. The van der Waals surface area contributed by atoms with Crippen LogP contribution in [0.25, 0.3) is 0 Å². The van der Waals surface area contributed by atoms with Crippen molar-refractivity contribution < 1.29 is 54.9 Å². The standard InChI is InChI=1S/C22H16F6N4O6/c1-10-16(19(33)32-11-7-30-18(31-8-11)20(34)36-3)15(9-29-17(10)21(23,24)25)37-13-5-4-12(6-14(13)35-2)38-22(26,27)28/h4-9H,1-3H3,(H,32,33). The van der Waals surface area contributed by atoms with Crippen molar-refractivity contribution in [2.75, 3.05) is 19.5 Å². The third-order valence-corrected chi connectivity index (χ3v) is 4.65. The molecule has 2 heterocycles. The number of amides is 1. The fraction of sp³-hybridized carbons (Fsp3) is 0.227. The Bertz CT molecular complexity index is 1350. The minimum atomic E-state index is -4.99.